The Morgan fingerprint density at radius 3 is 2.61 bits per heavy atom. The summed E-state index contributed by atoms with van der Waals surface area (Å²) >= 11 is 0. The van der Waals surface area contributed by atoms with E-state index in [0.29, 0.717) is 19.6 Å². The Hall–Kier alpha value is -2.86. The standard InChI is InChI=1S/C22H25N3O3/c1-17-7-5-6-10-19(17)16-23-21(26)27-25-13-11-22(12-14-25)15-20(24-28-22)18-8-3-2-4-9-18/h2-10H,11-16H2,1H3,(H,23,26). The largest absolute Gasteiger partial charge is 0.426 e. The molecule has 1 amide bonds. The van der Waals surface area contributed by atoms with E-state index in [1.807, 2.05) is 49.4 Å². The molecule has 2 heterocycles. The summed E-state index contributed by atoms with van der Waals surface area (Å²) in [5, 5.41) is 8.85. The maximum absolute atomic E-state index is 12.1. The number of aryl methyl sites for hydroxylation is 1. The summed E-state index contributed by atoms with van der Waals surface area (Å²) in [7, 11) is 0. The van der Waals surface area contributed by atoms with Crippen molar-refractivity contribution in [3.8, 4) is 0 Å². The first-order chi connectivity index (χ1) is 13.6. The van der Waals surface area contributed by atoms with Crippen molar-refractivity contribution in [2.45, 2.75) is 38.3 Å². The monoisotopic (exact) mass is 379 g/mol. The first-order valence-corrected chi connectivity index (χ1v) is 9.69. The molecule has 6 heteroatoms. The lowest BCUT2D eigenvalue weighted by Crippen LogP contribution is -2.46. The van der Waals surface area contributed by atoms with Crippen LogP contribution in [0, 0.1) is 6.92 Å². The van der Waals surface area contributed by atoms with Gasteiger partial charge in [0.25, 0.3) is 0 Å². The fraction of sp³-hybridized carbons (Fsp3) is 0.364. The third-order valence-electron chi connectivity index (χ3n) is 5.48. The molecule has 0 atom stereocenters. The number of hydrogen-bond donors (Lipinski definition) is 1. The average molecular weight is 379 g/mol. The van der Waals surface area contributed by atoms with Gasteiger partial charge in [0.1, 0.15) is 5.60 Å². The van der Waals surface area contributed by atoms with Crippen LogP contribution in [0.3, 0.4) is 0 Å². The van der Waals surface area contributed by atoms with Gasteiger partial charge in [0.05, 0.1) is 5.71 Å². The topological polar surface area (TPSA) is 63.2 Å². The fourth-order valence-corrected chi connectivity index (χ4v) is 3.69. The number of piperidine rings is 1. The molecule has 0 saturated carbocycles. The first kappa shape index (κ1) is 18.5. The summed E-state index contributed by atoms with van der Waals surface area (Å²) in [6, 6.07) is 18.1. The Morgan fingerprint density at radius 2 is 1.86 bits per heavy atom. The van der Waals surface area contributed by atoms with Crippen LogP contribution in [0.4, 0.5) is 4.79 Å². The molecule has 4 rings (SSSR count). The highest BCUT2D eigenvalue weighted by Crippen LogP contribution is 2.36. The maximum Gasteiger partial charge on any atom is 0.426 e. The predicted molar refractivity (Wildman–Crippen MR) is 107 cm³/mol. The summed E-state index contributed by atoms with van der Waals surface area (Å²) in [6.07, 6.45) is 1.92. The van der Waals surface area contributed by atoms with Crippen molar-refractivity contribution in [2.75, 3.05) is 13.1 Å². The Labute approximate surface area is 165 Å². The fourth-order valence-electron chi connectivity index (χ4n) is 3.69. The summed E-state index contributed by atoms with van der Waals surface area (Å²) in [6.45, 7) is 3.76. The summed E-state index contributed by atoms with van der Waals surface area (Å²) in [5.74, 6) is 0. The number of hydroxylamine groups is 2. The van der Waals surface area contributed by atoms with Crippen LogP contribution in [-0.4, -0.2) is 35.6 Å². The van der Waals surface area contributed by atoms with E-state index in [1.165, 1.54) is 0 Å². The molecule has 146 valence electrons. The van der Waals surface area contributed by atoms with Crippen LogP contribution in [0.2, 0.25) is 0 Å². The Kier molecular flexibility index (Phi) is 5.30. The van der Waals surface area contributed by atoms with Crippen molar-refractivity contribution in [1.29, 1.82) is 0 Å². The number of hydrogen-bond acceptors (Lipinski definition) is 5. The highest BCUT2D eigenvalue weighted by Gasteiger charge is 2.43. The van der Waals surface area contributed by atoms with Crippen LogP contribution in [0.5, 0.6) is 0 Å². The number of oxime groups is 1. The zero-order valence-corrected chi connectivity index (χ0v) is 16.1. The number of amides is 1. The lowest BCUT2D eigenvalue weighted by atomic mass is 9.86. The second-order valence-corrected chi connectivity index (χ2v) is 7.44. The molecule has 0 aromatic heterocycles. The van der Waals surface area contributed by atoms with Crippen molar-refractivity contribution in [3.63, 3.8) is 0 Å². The van der Waals surface area contributed by atoms with E-state index in [1.54, 1.807) is 5.06 Å². The minimum absolute atomic E-state index is 0.275. The van der Waals surface area contributed by atoms with E-state index in [0.717, 1.165) is 41.7 Å². The molecule has 1 saturated heterocycles. The molecular weight excluding hydrogens is 354 g/mol. The van der Waals surface area contributed by atoms with Crippen molar-refractivity contribution >= 4 is 11.8 Å². The maximum atomic E-state index is 12.1. The van der Waals surface area contributed by atoms with E-state index in [4.69, 9.17) is 9.68 Å². The lowest BCUT2D eigenvalue weighted by molar-refractivity contribution is -0.157. The van der Waals surface area contributed by atoms with Crippen molar-refractivity contribution in [1.82, 2.24) is 10.4 Å². The molecule has 0 unspecified atom stereocenters. The number of rotatable bonds is 4. The van der Waals surface area contributed by atoms with Gasteiger partial charge >= 0.3 is 6.09 Å². The number of benzene rings is 2. The molecule has 2 aliphatic heterocycles. The van der Waals surface area contributed by atoms with Crippen LogP contribution in [0.25, 0.3) is 0 Å². The smallest absolute Gasteiger partial charge is 0.388 e. The molecule has 1 N–H and O–H groups in total. The van der Waals surface area contributed by atoms with Crippen LogP contribution in [0.15, 0.2) is 59.8 Å². The number of carbonyl (C=O) groups excluding carboxylic acids is 1. The van der Waals surface area contributed by atoms with Gasteiger partial charge in [-0.2, -0.15) is 0 Å². The number of nitrogens with zero attached hydrogens (tertiary/aromatic N) is 2. The lowest BCUT2D eigenvalue weighted by Gasteiger charge is -2.35. The number of carbonyl (C=O) groups is 1. The third-order valence-corrected chi connectivity index (χ3v) is 5.48. The molecule has 0 aliphatic carbocycles. The van der Waals surface area contributed by atoms with Gasteiger partial charge in [0.15, 0.2) is 0 Å². The molecule has 2 aliphatic rings. The minimum atomic E-state index is -0.423. The SMILES string of the molecule is Cc1ccccc1CNC(=O)ON1CCC2(CC1)CC(c1ccccc1)=NO2. The normalized spacial score (nSPS) is 18.4. The van der Waals surface area contributed by atoms with Crippen molar-refractivity contribution < 1.29 is 14.5 Å². The molecule has 0 bridgehead atoms. The van der Waals surface area contributed by atoms with Crippen LogP contribution in [0.1, 0.15) is 36.0 Å². The Bertz CT molecular complexity index is 858. The van der Waals surface area contributed by atoms with E-state index in [9.17, 15) is 4.79 Å². The third kappa shape index (κ3) is 4.17. The van der Waals surface area contributed by atoms with Gasteiger partial charge < -0.3 is 15.0 Å². The van der Waals surface area contributed by atoms with Gasteiger partial charge in [0.2, 0.25) is 0 Å². The number of nitrogens with one attached hydrogen (secondary N) is 1. The Morgan fingerprint density at radius 1 is 1.14 bits per heavy atom. The summed E-state index contributed by atoms with van der Waals surface area (Å²) < 4.78 is 0. The van der Waals surface area contributed by atoms with E-state index in [-0.39, 0.29) is 5.60 Å². The second kappa shape index (κ2) is 8.02. The summed E-state index contributed by atoms with van der Waals surface area (Å²) in [5.41, 5.74) is 4.06. The van der Waals surface area contributed by atoms with E-state index >= 15 is 0 Å². The molecular formula is C22H25N3O3. The second-order valence-electron chi connectivity index (χ2n) is 7.44. The molecule has 2 aromatic carbocycles. The van der Waals surface area contributed by atoms with Gasteiger partial charge in [-0.15, -0.1) is 5.06 Å². The van der Waals surface area contributed by atoms with Crippen LogP contribution in [-0.2, 0) is 16.2 Å². The molecule has 28 heavy (non-hydrogen) atoms. The molecule has 1 fully saturated rings. The average Bonchev–Trinajstić information content (AvgIpc) is 3.14. The molecule has 6 nitrogen and oxygen atoms in total. The van der Waals surface area contributed by atoms with E-state index < -0.39 is 6.09 Å². The van der Waals surface area contributed by atoms with Gasteiger partial charge in [0, 0.05) is 38.9 Å². The highest BCUT2D eigenvalue weighted by atomic mass is 16.7. The zero-order valence-electron chi connectivity index (χ0n) is 16.1. The molecule has 2 aromatic rings. The minimum Gasteiger partial charge on any atom is -0.388 e. The predicted octanol–water partition coefficient (Wildman–Crippen LogP) is 3.80. The highest BCUT2D eigenvalue weighted by molar-refractivity contribution is 6.01. The summed E-state index contributed by atoms with van der Waals surface area (Å²) in [4.78, 5) is 23.4. The van der Waals surface area contributed by atoms with Crippen LogP contribution < -0.4 is 5.32 Å². The Balaban J connectivity index is 1.24. The quantitative estimate of drug-likeness (QED) is 0.878. The van der Waals surface area contributed by atoms with Crippen LogP contribution >= 0.6 is 0 Å². The molecule has 1 spiro atoms. The van der Waals surface area contributed by atoms with Crippen molar-refractivity contribution in [2.24, 2.45) is 5.16 Å². The van der Waals surface area contributed by atoms with Gasteiger partial charge in [-0.3, -0.25) is 0 Å². The molecule has 0 radical (unpaired) electrons. The van der Waals surface area contributed by atoms with Gasteiger partial charge in [-0.25, -0.2) is 4.79 Å². The van der Waals surface area contributed by atoms with E-state index in [2.05, 4.69) is 22.6 Å². The zero-order chi connectivity index (χ0) is 19.4. The first-order valence-electron chi connectivity index (χ1n) is 9.69. The van der Waals surface area contributed by atoms with Gasteiger partial charge in [-0.1, -0.05) is 59.8 Å². The van der Waals surface area contributed by atoms with Crippen molar-refractivity contribution in [3.05, 3.63) is 71.3 Å². The van der Waals surface area contributed by atoms with Gasteiger partial charge in [-0.05, 0) is 23.6 Å².